The highest BCUT2D eigenvalue weighted by Gasteiger charge is 2.49. The van der Waals surface area contributed by atoms with Crippen LogP contribution in [0, 0.1) is 0 Å². The highest BCUT2D eigenvalue weighted by molar-refractivity contribution is 7.54. The molecule has 3 heterocycles. The van der Waals surface area contributed by atoms with Crippen molar-refractivity contribution >= 4 is 40.5 Å². The molecule has 2 aromatic heterocycles. The van der Waals surface area contributed by atoms with E-state index in [2.05, 4.69) is 28.3 Å². The summed E-state index contributed by atoms with van der Waals surface area (Å²) in [4.78, 5) is 39.3. The molecule has 2 aromatic rings. The van der Waals surface area contributed by atoms with Crippen molar-refractivity contribution in [2.45, 2.75) is 24.5 Å². The fraction of sp³-hybridized carbons (Fsp3) is 0.500. The molecule has 1 aliphatic rings. The van der Waals surface area contributed by atoms with Crippen LogP contribution in [-0.2, 0) is 36.4 Å². The van der Waals surface area contributed by atoms with E-state index in [9.17, 15) is 28.3 Å². The maximum absolute atomic E-state index is 11.5. The van der Waals surface area contributed by atoms with Gasteiger partial charge in [-0.05, 0) is 0 Å². The number of aliphatic hydroxyl groups excluding tert-OH is 1. The number of rotatable bonds is 8. The third-order valence-corrected chi connectivity index (χ3v) is 6.16. The molecule has 0 radical (unpaired) electrons. The third kappa shape index (κ3) is 5.17. The van der Waals surface area contributed by atoms with Crippen LogP contribution in [0.2, 0.25) is 0 Å². The number of anilines is 1. The van der Waals surface area contributed by atoms with Gasteiger partial charge < -0.3 is 30.3 Å². The quantitative estimate of drug-likeness (QED) is 0.289. The van der Waals surface area contributed by atoms with Gasteiger partial charge in [0.15, 0.2) is 17.7 Å². The number of fused-ring (bicyclic) bond motifs is 1. The number of aliphatic hydroxyl groups is 1. The summed E-state index contributed by atoms with van der Waals surface area (Å²) >= 11 is 0. The van der Waals surface area contributed by atoms with Crippen molar-refractivity contribution in [2.24, 2.45) is 0 Å². The Balaban J connectivity index is 1.89. The SMILES string of the molecule is Nc1ncnc2c1ncn2[C@@H]1O[C@H](COP(=O)(O)OP(=O)=O)[C@@H](O)[C@H]1OP(=O)(O)O. The van der Waals surface area contributed by atoms with E-state index < -0.39 is 54.7 Å². The summed E-state index contributed by atoms with van der Waals surface area (Å²) < 4.78 is 63.1. The van der Waals surface area contributed by atoms with Crippen LogP contribution in [0.25, 0.3) is 11.2 Å². The fourth-order valence-electron chi connectivity index (χ4n) is 2.68. The number of phosphoric acid groups is 2. The molecule has 0 aromatic carbocycles. The maximum atomic E-state index is 11.5. The first-order valence-electron chi connectivity index (χ1n) is 7.70. The molecule has 6 N–H and O–H groups in total. The zero-order chi connectivity index (χ0) is 22.3. The monoisotopic (exact) mass is 489 g/mol. The molecule has 0 saturated carbocycles. The van der Waals surface area contributed by atoms with Crippen molar-refractivity contribution in [3.05, 3.63) is 12.7 Å². The largest absolute Gasteiger partial charge is 0.484 e. The predicted molar refractivity (Wildman–Crippen MR) is 91.7 cm³/mol. The molecular formula is C10H14N5O12P3. The van der Waals surface area contributed by atoms with Crippen LogP contribution in [0.1, 0.15) is 6.23 Å². The van der Waals surface area contributed by atoms with E-state index in [-0.39, 0.29) is 17.0 Å². The molecule has 3 rings (SSSR count). The number of nitrogens with zero attached hydrogens (tertiary/aromatic N) is 4. The first-order chi connectivity index (χ1) is 13.9. The Bertz CT molecular complexity index is 1090. The Morgan fingerprint density at radius 3 is 2.57 bits per heavy atom. The lowest BCUT2D eigenvalue weighted by atomic mass is 10.1. The summed E-state index contributed by atoms with van der Waals surface area (Å²) in [6, 6.07) is 0. The lowest BCUT2D eigenvalue weighted by Gasteiger charge is -2.22. The summed E-state index contributed by atoms with van der Waals surface area (Å²) in [6.07, 6.45) is -4.26. The topological polar surface area (TPSA) is 256 Å². The number of hydrogen-bond acceptors (Lipinski definition) is 13. The highest BCUT2D eigenvalue weighted by atomic mass is 31.2. The second-order valence-electron chi connectivity index (χ2n) is 5.77. The van der Waals surface area contributed by atoms with E-state index in [0.29, 0.717) is 0 Å². The van der Waals surface area contributed by atoms with Gasteiger partial charge in [-0.15, -0.1) is 0 Å². The Hall–Kier alpha value is -1.61. The van der Waals surface area contributed by atoms with Crippen molar-refractivity contribution in [1.82, 2.24) is 19.5 Å². The minimum Gasteiger partial charge on any atom is -0.387 e. The molecule has 30 heavy (non-hydrogen) atoms. The minimum absolute atomic E-state index is 0.00488. The van der Waals surface area contributed by atoms with E-state index in [4.69, 9.17) is 20.3 Å². The number of ether oxygens (including phenoxy) is 1. The Labute approximate surface area is 166 Å². The number of nitrogen functional groups attached to an aromatic ring is 1. The van der Waals surface area contributed by atoms with Gasteiger partial charge in [-0.2, -0.15) is 4.31 Å². The standard InChI is InChI=1S/C10H14N5O12P3/c11-8-5-9(13-2-12-8)15(3-14-5)10-7(26-29(19,20)21)6(16)4(25-10)1-24-30(22,23)27-28(17)18/h2-4,6-7,10,16H,1H2,(H,22,23)(H2,11,12,13)(H2,19,20,21)/t4-,6-,7-,10-/m1/s1. The van der Waals surface area contributed by atoms with Crippen LogP contribution in [-0.4, -0.2) is 64.2 Å². The number of nitrogens with two attached hydrogens (primary N) is 1. The van der Waals surface area contributed by atoms with Crippen molar-refractivity contribution in [3.8, 4) is 0 Å². The van der Waals surface area contributed by atoms with Gasteiger partial charge in [0.1, 0.15) is 30.2 Å². The van der Waals surface area contributed by atoms with Gasteiger partial charge in [-0.3, -0.25) is 13.6 Å². The van der Waals surface area contributed by atoms with Gasteiger partial charge in [-0.1, -0.05) is 0 Å². The molecule has 17 nitrogen and oxygen atoms in total. The lowest BCUT2D eigenvalue weighted by molar-refractivity contribution is -0.0495. The van der Waals surface area contributed by atoms with Gasteiger partial charge in [0.05, 0.1) is 12.9 Å². The Morgan fingerprint density at radius 2 is 1.93 bits per heavy atom. The average molecular weight is 489 g/mol. The highest BCUT2D eigenvalue weighted by Crippen LogP contribution is 2.50. The molecule has 0 amide bonds. The molecule has 0 bridgehead atoms. The van der Waals surface area contributed by atoms with Crippen LogP contribution in [0.3, 0.4) is 0 Å². The van der Waals surface area contributed by atoms with Crippen molar-refractivity contribution in [3.63, 3.8) is 0 Å². The normalized spacial score (nSPS) is 26.7. The summed E-state index contributed by atoms with van der Waals surface area (Å²) in [5.41, 5.74) is 5.87. The molecule has 166 valence electrons. The van der Waals surface area contributed by atoms with Gasteiger partial charge >= 0.3 is 23.6 Å². The Kier molecular flexibility index (Phi) is 6.53. The van der Waals surface area contributed by atoms with E-state index in [1.807, 2.05) is 0 Å². The second kappa shape index (κ2) is 8.49. The number of phosphoric ester groups is 2. The molecule has 1 aliphatic heterocycles. The summed E-state index contributed by atoms with van der Waals surface area (Å²) in [6.45, 7) is -0.903. The van der Waals surface area contributed by atoms with Gasteiger partial charge in [-0.25, -0.2) is 33.2 Å². The maximum Gasteiger partial charge on any atom is 0.484 e. The molecule has 5 atom stereocenters. The van der Waals surface area contributed by atoms with Crippen molar-refractivity contribution in [1.29, 1.82) is 0 Å². The molecular weight excluding hydrogens is 475 g/mol. The first-order valence-corrected chi connectivity index (χ1v) is 11.8. The fourth-order valence-corrected chi connectivity index (χ4v) is 4.43. The van der Waals surface area contributed by atoms with Crippen molar-refractivity contribution in [2.75, 3.05) is 12.3 Å². The number of hydrogen-bond donors (Lipinski definition) is 5. The van der Waals surface area contributed by atoms with Gasteiger partial charge in [0, 0.05) is 0 Å². The van der Waals surface area contributed by atoms with E-state index >= 15 is 0 Å². The lowest BCUT2D eigenvalue weighted by Crippen LogP contribution is -2.35. The molecule has 0 aliphatic carbocycles. The predicted octanol–water partition coefficient (Wildman–Crippen LogP) is -0.634. The molecule has 1 unspecified atom stereocenters. The molecule has 0 spiro atoms. The number of imidazole rings is 1. The molecule has 1 saturated heterocycles. The second-order valence-corrected chi connectivity index (χ2v) is 9.26. The van der Waals surface area contributed by atoms with Crippen LogP contribution < -0.4 is 5.73 Å². The van der Waals surface area contributed by atoms with Crippen LogP contribution in [0.15, 0.2) is 12.7 Å². The zero-order valence-electron chi connectivity index (χ0n) is 14.4. The minimum atomic E-state index is -5.14. The summed E-state index contributed by atoms with van der Waals surface area (Å²) in [5, 5.41) is 10.4. The third-order valence-electron chi connectivity index (χ3n) is 3.80. The smallest absolute Gasteiger partial charge is 0.387 e. The average Bonchev–Trinajstić information content (AvgIpc) is 3.14. The molecule has 1 fully saturated rings. The van der Waals surface area contributed by atoms with Crippen LogP contribution in [0.5, 0.6) is 0 Å². The van der Waals surface area contributed by atoms with Gasteiger partial charge in [0.25, 0.3) is 0 Å². The van der Waals surface area contributed by atoms with E-state index in [0.717, 1.165) is 17.2 Å². The van der Waals surface area contributed by atoms with Crippen molar-refractivity contribution < 1.29 is 56.1 Å². The first kappa shape index (κ1) is 23.1. The Morgan fingerprint density at radius 1 is 1.23 bits per heavy atom. The zero-order valence-corrected chi connectivity index (χ0v) is 17.1. The van der Waals surface area contributed by atoms with Gasteiger partial charge in [0.2, 0.25) is 0 Å². The van der Waals surface area contributed by atoms with E-state index in [1.54, 1.807) is 0 Å². The van der Waals surface area contributed by atoms with Crippen LogP contribution >= 0.6 is 23.6 Å². The summed E-state index contributed by atoms with van der Waals surface area (Å²) in [7, 11) is -13.9. The summed E-state index contributed by atoms with van der Waals surface area (Å²) in [5.74, 6) is -0.00488. The van der Waals surface area contributed by atoms with E-state index in [1.165, 1.54) is 0 Å². The van der Waals surface area contributed by atoms with Crippen LogP contribution in [0.4, 0.5) is 5.82 Å². The molecule has 20 heteroatoms. The number of aromatic nitrogens is 4.